The molecule has 8 atom stereocenters. The topological polar surface area (TPSA) is 86.8 Å². The summed E-state index contributed by atoms with van der Waals surface area (Å²) in [6.45, 7) is 2.13. The molecule has 0 aromatic carbocycles. The Bertz CT molecular complexity index is 568. The Kier molecular flexibility index (Phi) is 6.82. The van der Waals surface area contributed by atoms with E-state index in [9.17, 15) is 19.4 Å². The van der Waals surface area contributed by atoms with Crippen LogP contribution in [0.4, 0.5) is 4.39 Å². The molecule has 4 aliphatic rings. The highest BCUT2D eigenvalue weighted by Crippen LogP contribution is 2.45. The van der Waals surface area contributed by atoms with Gasteiger partial charge in [0.15, 0.2) is 0 Å². The minimum Gasteiger partial charge on any atom is -0.390 e. The normalized spacial score (nSPS) is 44.3. The summed E-state index contributed by atoms with van der Waals surface area (Å²) < 4.78 is 14.6. The van der Waals surface area contributed by atoms with Crippen molar-refractivity contribution in [2.45, 2.75) is 82.6 Å². The lowest BCUT2D eigenvalue weighted by molar-refractivity contribution is -0.146. The standard InChI is InChI=1S/C23H39FN2O3/c24-20-5-4-14(13-25)10-19(20)15-6-8-26(9-7-15)23(29)17-3-1-2-16-11-21(27)22(28)12-18(16)17/h14-22,27-28H,1-13,25H2. The van der Waals surface area contributed by atoms with Crippen LogP contribution in [0.1, 0.15) is 64.2 Å². The Hall–Kier alpha value is -0.720. The fraction of sp³-hybridized carbons (Fsp3) is 0.957. The molecule has 166 valence electrons. The van der Waals surface area contributed by atoms with Gasteiger partial charge in [-0.3, -0.25) is 4.79 Å². The Morgan fingerprint density at radius 1 is 0.897 bits per heavy atom. The molecule has 0 aromatic heterocycles. The smallest absolute Gasteiger partial charge is 0.225 e. The Labute approximate surface area is 174 Å². The van der Waals surface area contributed by atoms with E-state index in [2.05, 4.69) is 0 Å². The van der Waals surface area contributed by atoms with Gasteiger partial charge in [-0.05, 0) is 87.5 Å². The molecule has 4 fully saturated rings. The number of alkyl halides is 1. The molecule has 1 saturated heterocycles. The Morgan fingerprint density at radius 2 is 1.62 bits per heavy atom. The molecule has 1 heterocycles. The number of likely N-dealkylation sites (tertiary alicyclic amines) is 1. The molecule has 0 spiro atoms. The summed E-state index contributed by atoms with van der Waals surface area (Å²) in [5, 5.41) is 20.2. The van der Waals surface area contributed by atoms with Crippen molar-refractivity contribution in [3.63, 3.8) is 0 Å². The van der Waals surface area contributed by atoms with E-state index in [1.54, 1.807) is 0 Å². The molecule has 29 heavy (non-hydrogen) atoms. The minimum atomic E-state index is -0.709. The monoisotopic (exact) mass is 410 g/mol. The zero-order chi connectivity index (χ0) is 20.5. The van der Waals surface area contributed by atoms with Crippen LogP contribution in [-0.4, -0.2) is 59.0 Å². The number of piperidine rings is 1. The second-order valence-corrected chi connectivity index (χ2v) is 10.3. The van der Waals surface area contributed by atoms with Gasteiger partial charge in [0.1, 0.15) is 6.17 Å². The minimum absolute atomic E-state index is 0.0160. The van der Waals surface area contributed by atoms with Crippen LogP contribution in [-0.2, 0) is 4.79 Å². The number of hydrogen-bond donors (Lipinski definition) is 3. The van der Waals surface area contributed by atoms with Gasteiger partial charge in [-0.2, -0.15) is 0 Å². The number of aliphatic hydroxyl groups is 2. The first kappa shape index (κ1) is 21.5. The van der Waals surface area contributed by atoms with Crippen LogP contribution < -0.4 is 5.73 Å². The summed E-state index contributed by atoms with van der Waals surface area (Å²) in [6.07, 6.45) is 6.38. The number of aliphatic hydroxyl groups excluding tert-OH is 2. The largest absolute Gasteiger partial charge is 0.390 e. The van der Waals surface area contributed by atoms with Crippen LogP contribution in [0.15, 0.2) is 0 Å². The highest BCUT2D eigenvalue weighted by molar-refractivity contribution is 5.79. The zero-order valence-corrected chi connectivity index (χ0v) is 17.6. The fourth-order valence-electron chi connectivity index (χ4n) is 6.96. The molecule has 6 heteroatoms. The lowest BCUT2D eigenvalue weighted by Gasteiger charge is -2.46. The second-order valence-electron chi connectivity index (χ2n) is 10.3. The van der Waals surface area contributed by atoms with E-state index in [1.165, 1.54) is 0 Å². The molecule has 0 aromatic rings. The highest BCUT2D eigenvalue weighted by atomic mass is 19.1. The van der Waals surface area contributed by atoms with E-state index in [0.29, 0.717) is 43.6 Å². The average molecular weight is 411 g/mol. The third-order valence-corrected chi connectivity index (χ3v) is 8.74. The lowest BCUT2D eigenvalue weighted by Crippen LogP contribution is -2.50. The SMILES string of the molecule is NCC1CCC(F)C(C2CCN(C(=O)C3CCCC4CC(O)C(O)CC43)CC2)C1. The number of hydrogen-bond acceptors (Lipinski definition) is 4. The molecule has 4 N–H and O–H groups in total. The summed E-state index contributed by atoms with van der Waals surface area (Å²) in [5.74, 6) is 1.72. The Balaban J connectivity index is 1.34. The van der Waals surface area contributed by atoms with Gasteiger partial charge < -0.3 is 20.8 Å². The predicted molar refractivity (Wildman–Crippen MR) is 110 cm³/mol. The zero-order valence-electron chi connectivity index (χ0n) is 17.6. The number of nitrogens with two attached hydrogens (primary N) is 1. The average Bonchev–Trinajstić information content (AvgIpc) is 2.74. The number of amides is 1. The van der Waals surface area contributed by atoms with Crippen LogP contribution in [0.5, 0.6) is 0 Å². The van der Waals surface area contributed by atoms with Gasteiger partial charge >= 0.3 is 0 Å². The van der Waals surface area contributed by atoms with E-state index in [1.807, 2.05) is 4.90 Å². The van der Waals surface area contributed by atoms with E-state index in [-0.39, 0.29) is 23.7 Å². The number of nitrogens with zero attached hydrogens (tertiary/aromatic N) is 1. The van der Waals surface area contributed by atoms with Gasteiger partial charge in [0, 0.05) is 19.0 Å². The molecule has 3 aliphatic carbocycles. The molecule has 0 radical (unpaired) electrons. The van der Waals surface area contributed by atoms with Gasteiger partial charge in [0.2, 0.25) is 5.91 Å². The number of rotatable bonds is 3. The van der Waals surface area contributed by atoms with Crippen molar-refractivity contribution in [3.05, 3.63) is 0 Å². The van der Waals surface area contributed by atoms with Crippen molar-refractivity contribution in [3.8, 4) is 0 Å². The molecular weight excluding hydrogens is 371 g/mol. The van der Waals surface area contributed by atoms with Crippen LogP contribution in [0.2, 0.25) is 0 Å². The number of fused-ring (bicyclic) bond motifs is 1. The van der Waals surface area contributed by atoms with Crippen LogP contribution >= 0.6 is 0 Å². The molecule has 1 amide bonds. The number of halogens is 1. The summed E-state index contributed by atoms with van der Waals surface area (Å²) >= 11 is 0. The van der Waals surface area contributed by atoms with Gasteiger partial charge in [-0.15, -0.1) is 0 Å². The first-order valence-corrected chi connectivity index (χ1v) is 12.0. The maximum atomic E-state index is 14.6. The molecule has 1 aliphatic heterocycles. The van der Waals surface area contributed by atoms with Gasteiger partial charge in [-0.25, -0.2) is 4.39 Å². The molecule has 5 nitrogen and oxygen atoms in total. The second kappa shape index (κ2) is 9.19. The van der Waals surface area contributed by atoms with Crippen LogP contribution in [0.25, 0.3) is 0 Å². The fourth-order valence-corrected chi connectivity index (χ4v) is 6.96. The predicted octanol–water partition coefficient (Wildman–Crippen LogP) is 2.49. The lowest BCUT2D eigenvalue weighted by atomic mass is 9.63. The van der Waals surface area contributed by atoms with Crippen LogP contribution in [0.3, 0.4) is 0 Å². The van der Waals surface area contributed by atoms with Crippen molar-refractivity contribution >= 4 is 5.91 Å². The van der Waals surface area contributed by atoms with Crippen molar-refractivity contribution in [1.82, 2.24) is 4.90 Å². The molecule has 4 rings (SSSR count). The quantitative estimate of drug-likeness (QED) is 0.667. The van der Waals surface area contributed by atoms with E-state index in [0.717, 1.165) is 58.0 Å². The number of carbonyl (C=O) groups is 1. The first-order chi connectivity index (χ1) is 14.0. The summed E-state index contributed by atoms with van der Waals surface area (Å²) in [4.78, 5) is 15.3. The molecular formula is C23H39FN2O3. The van der Waals surface area contributed by atoms with E-state index >= 15 is 0 Å². The molecule has 0 bridgehead atoms. The van der Waals surface area contributed by atoms with Gasteiger partial charge in [0.25, 0.3) is 0 Å². The van der Waals surface area contributed by atoms with E-state index in [4.69, 9.17) is 5.73 Å². The van der Waals surface area contributed by atoms with Crippen molar-refractivity contribution in [2.75, 3.05) is 19.6 Å². The maximum Gasteiger partial charge on any atom is 0.225 e. The maximum absolute atomic E-state index is 14.6. The molecule has 3 saturated carbocycles. The van der Waals surface area contributed by atoms with Gasteiger partial charge in [-0.1, -0.05) is 12.8 Å². The van der Waals surface area contributed by atoms with Crippen molar-refractivity contribution in [1.29, 1.82) is 0 Å². The van der Waals surface area contributed by atoms with Crippen LogP contribution in [0, 0.1) is 35.5 Å². The van der Waals surface area contributed by atoms with Crippen molar-refractivity contribution < 1.29 is 19.4 Å². The summed E-state index contributed by atoms with van der Waals surface area (Å²) in [7, 11) is 0. The third kappa shape index (κ3) is 4.49. The van der Waals surface area contributed by atoms with Gasteiger partial charge in [0.05, 0.1) is 12.2 Å². The first-order valence-electron chi connectivity index (χ1n) is 12.0. The van der Waals surface area contributed by atoms with Crippen molar-refractivity contribution in [2.24, 2.45) is 41.2 Å². The summed E-state index contributed by atoms with van der Waals surface area (Å²) in [5.41, 5.74) is 5.85. The third-order valence-electron chi connectivity index (χ3n) is 8.74. The molecule has 8 unspecified atom stereocenters. The Morgan fingerprint density at radius 3 is 2.34 bits per heavy atom. The highest BCUT2D eigenvalue weighted by Gasteiger charge is 2.45. The van der Waals surface area contributed by atoms with E-state index < -0.39 is 18.4 Å². The summed E-state index contributed by atoms with van der Waals surface area (Å²) in [6, 6.07) is 0. The number of carbonyl (C=O) groups excluding carboxylic acids is 1.